The molecular weight excluding hydrogens is 291 g/mol. The van der Waals surface area contributed by atoms with E-state index in [1.807, 2.05) is 20.8 Å². The number of hydrogen-bond acceptors (Lipinski definition) is 2. The van der Waals surface area contributed by atoms with Crippen LogP contribution >= 0.6 is 12.4 Å². The minimum atomic E-state index is -0.266. The Morgan fingerprint density at radius 2 is 1.86 bits per heavy atom. The quantitative estimate of drug-likeness (QED) is 0.837. The zero-order valence-electron chi connectivity index (χ0n) is 12.5. The molecule has 1 aromatic rings. The van der Waals surface area contributed by atoms with E-state index >= 15 is 0 Å². The lowest BCUT2D eigenvalue weighted by Crippen LogP contribution is -2.40. The van der Waals surface area contributed by atoms with Crippen LogP contribution in [0.4, 0.5) is 4.39 Å². The van der Waals surface area contributed by atoms with Crippen LogP contribution in [0.15, 0.2) is 42.2 Å². The van der Waals surface area contributed by atoms with Crippen LogP contribution in [0.25, 0.3) is 6.08 Å². The second-order valence-corrected chi connectivity index (χ2v) is 5.55. The lowest BCUT2D eigenvalue weighted by molar-refractivity contribution is 0.0919. The predicted octanol–water partition coefficient (Wildman–Crippen LogP) is 3.46. The van der Waals surface area contributed by atoms with Gasteiger partial charge in [0.25, 0.3) is 5.91 Å². The second-order valence-electron chi connectivity index (χ2n) is 5.55. The monoisotopic (exact) mass is 312 g/mol. The Morgan fingerprint density at radius 3 is 2.29 bits per heavy atom. The Hall–Kier alpha value is -1.65. The summed E-state index contributed by atoms with van der Waals surface area (Å²) in [4.78, 5) is 11.9. The number of nitrogens with one attached hydrogen (secondary N) is 1. The van der Waals surface area contributed by atoms with Gasteiger partial charge in [-0.15, -0.1) is 12.4 Å². The average molecular weight is 313 g/mol. The van der Waals surface area contributed by atoms with Crippen LogP contribution in [0.5, 0.6) is 0 Å². The molecule has 0 saturated carbocycles. The van der Waals surface area contributed by atoms with Gasteiger partial charge < -0.3 is 11.1 Å². The van der Waals surface area contributed by atoms with Crippen molar-refractivity contribution < 1.29 is 9.18 Å². The standard InChI is InChI=1S/C16H21FN2O.ClH/c1-16(2,3)19-15(20)14-8-6-12(7-9-14)4-5-13(10-17)11-18;/h4-10H,11,18H2,1-3H3,(H,19,20);1H/b5-4-,13-10-;. The first kappa shape index (κ1) is 19.4. The lowest BCUT2D eigenvalue weighted by atomic mass is 10.1. The molecular formula is C16H22ClFN2O. The molecule has 21 heavy (non-hydrogen) atoms. The summed E-state index contributed by atoms with van der Waals surface area (Å²) in [5, 5.41) is 2.89. The summed E-state index contributed by atoms with van der Waals surface area (Å²) in [6, 6.07) is 7.09. The maximum atomic E-state index is 12.3. The third-order valence-corrected chi connectivity index (χ3v) is 2.53. The van der Waals surface area contributed by atoms with Crippen molar-refractivity contribution in [3.8, 4) is 0 Å². The molecule has 116 valence electrons. The largest absolute Gasteiger partial charge is 0.347 e. The minimum absolute atomic E-state index is 0. The Kier molecular flexibility index (Phi) is 7.92. The molecule has 3 nitrogen and oxygen atoms in total. The van der Waals surface area contributed by atoms with Crippen molar-refractivity contribution >= 4 is 24.4 Å². The van der Waals surface area contributed by atoms with Crippen molar-refractivity contribution in [2.45, 2.75) is 26.3 Å². The van der Waals surface area contributed by atoms with Crippen molar-refractivity contribution in [1.82, 2.24) is 5.32 Å². The molecule has 5 heteroatoms. The fraction of sp³-hybridized carbons (Fsp3) is 0.312. The maximum Gasteiger partial charge on any atom is 0.251 e. The Balaban J connectivity index is 0.00000400. The summed E-state index contributed by atoms with van der Waals surface area (Å²) in [5.74, 6) is -0.112. The Labute approximate surface area is 131 Å². The molecule has 0 fully saturated rings. The summed E-state index contributed by atoms with van der Waals surface area (Å²) >= 11 is 0. The molecule has 0 aliphatic carbocycles. The molecule has 0 bridgehead atoms. The van der Waals surface area contributed by atoms with Gasteiger partial charge in [0.1, 0.15) is 0 Å². The molecule has 0 radical (unpaired) electrons. The molecule has 0 aliphatic rings. The molecule has 0 unspecified atom stereocenters. The van der Waals surface area contributed by atoms with E-state index in [9.17, 15) is 9.18 Å². The summed E-state index contributed by atoms with van der Waals surface area (Å²) in [5.41, 5.74) is 6.98. The summed E-state index contributed by atoms with van der Waals surface area (Å²) < 4.78 is 12.3. The number of benzene rings is 1. The summed E-state index contributed by atoms with van der Waals surface area (Å²) in [7, 11) is 0. The van der Waals surface area contributed by atoms with Gasteiger partial charge in [0.05, 0.1) is 6.33 Å². The van der Waals surface area contributed by atoms with Crippen LogP contribution < -0.4 is 11.1 Å². The van der Waals surface area contributed by atoms with E-state index in [4.69, 9.17) is 5.73 Å². The van der Waals surface area contributed by atoms with E-state index in [1.165, 1.54) is 0 Å². The Bertz CT molecular complexity index is 516. The van der Waals surface area contributed by atoms with Crippen molar-refractivity contribution in [3.63, 3.8) is 0 Å². The molecule has 0 heterocycles. The molecule has 0 aromatic heterocycles. The molecule has 0 aliphatic heterocycles. The van der Waals surface area contributed by atoms with Crippen molar-refractivity contribution in [2.75, 3.05) is 6.54 Å². The van der Waals surface area contributed by atoms with E-state index in [-0.39, 0.29) is 30.4 Å². The van der Waals surface area contributed by atoms with Crippen LogP contribution in [0.1, 0.15) is 36.7 Å². The second kappa shape index (κ2) is 8.60. The summed E-state index contributed by atoms with van der Waals surface area (Å²) in [6.45, 7) is 5.94. The number of nitrogens with two attached hydrogens (primary N) is 1. The first-order valence-corrected chi connectivity index (χ1v) is 6.45. The smallest absolute Gasteiger partial charge is 0.251 e. The molecule has 1 aromatic carbocycles. The predicted molar refractivity (Wildman–Crippen MR) is 88.2 cm³/mol. The van der Waals surface area contributed by atoms with Crippen LogP contribution in [-0.2, 0) is 0 Å². The number of amides is 1. The third-order valence-electron chi connectivity index (χ3n) is 2.53. The molecule has 3 N–H and O–H groups in total. The molecule has 0 atom stereocenters. The average Bonchev–Trinajstić information content (AvgIpc) is 2.38. The Morgan fingerprint density at radius 1 is 1.29 bits per heavy atom. The minimum Gasteiger partial charge on any atom is -0.347 e. The highest BCUT2D eigenvalue weighted by Gasteiger charge is 2.14. The zero-order valence-corrected chi connectivity index (χ0v) is 13.3. The SMILES string of the molecule is CC(C)(C)NC(=O)c1ccc(/C=C\C(=C\F)CN)cc1.Cl. The molecule has 1 amide bonds. The highest BCUT2D eigenvalue weighted by molar-refractivity contribution is 5.94. The number of rotatable bonds is 4. The topological polar surface area (TPSA) is 55.1 Å². The van der Waals surface area contributed by atoms with Crippen molar-refractivity contribution in [3.05, 3.63) is 53.4 Å². The fourth-order valence-corrected chi connectivity index (χ4v) is 1.51. The van der Waals surface area contributed by atoms with Gasteiger partial charge in [0.2, 0.25) is 0 Å². The third kappa shape index (κ3) is 7.06. The van der Waals surface area contributed by atoms with Gasteiger partial charge in [-0.05, 0) is 44.0 Å². The maximum absolute atomic E-state index is 12.3. The highest BCUT2D eigenvalue weighted by Crippen LogP contribution is 2.09. The van der Waals surface area contributed by atoms with E-state index in [2.05, 4.69) is 5.32 Å². The van der Waals surface area contributed by atoms with Crippen molar-refractivity contribution in [2.24, 2.45) is 5.73 Å². The van der Waals surface area contributed by atoms with Crippen molar-refractivity contribution in [1.29, 1.82) is 0 Å². The molecule has 0 spiro atoms. The van der Waals surface area contributed by atoms with Gasteiger partial charge in [0, 0.05) is 17.6 Å². The van der Waals surface area contributed by atoms with E-state index in [1.54, 1.807) is 36.4 Å². The molecule has 0 saturated heterocycles. The van der Waals surface area contributed by atoms with Gasteiger partial charge in [-0.1, -0.05) is 24.3 Å². The van der Waals surface area contributed by atoms with Crippen LogP contribution in [0.2, 0.25) is 0 Å². The fourth-order valence-electron chi connectivity index (χ4n) is 1.51. The highest BCUT2D eigenvalue weighted by atomic mass is 35.5. The van der Waals surface area contributed by atoms with E-state index < -0.39 is 0 Å². The van der Waals surface area contributed by atoms with Gasteiger partial charge in [-0.25, -0.2) is 4.39 Å². The van der Waals surface area contributed by atoms with Crippen LogP contribution in [0.3, 0.4) is 0 Å². The lowest BCUT2D eigenvalue weighted by Gasteiger charge is -2.20. The summed E-state index contributed by atoms with van der Waals surface area (Å²) in [6.07, 6.45) is 3.86. The zero-order chi connectivity index (χ0) is 15.2. The molecule has 1 rings (SSSR count). The number of hydrogen-bond donors (Lipinski definition) is 2. The van der Waals surface area contributed by atoms with E-state index in [0.29, 0.717) is 17.5 Å². The van der Waals surface area contributed by atoms with E-state index in [0.717, 1.165) is 5.56 Å². The van der Waals surface area contributed by atoms with Crippen LogP contribution in [-0.4, -0.2) is 18.0 Å². The normalized spacial score (nSPS) is 12.1. The number of carbonyl (C=O) groups excluding carboxylic acids is 1. The number of halogens is 2. The number of carbonyl (C=O) groups is 1. The first-order valence-electron chi connectivity index (χ1n) is 6.45. The van der Waals surface area contributed by atoms with Gasteiger partial charge in [0.15, 0.2) is 0 Å². The van der Waals surface area contributed by atoms with Gasteiger partial charge in [-0.2, -0.15) is 0 Å². The van der Waals surface area contributed by atoms with Gasteiger partial charge in [-0.3, -0.25) is 4.79 Å². The van der Waals surface area contributed by atoms with Crippen LogP contribution in [0, 0.1) is 0 Å². The first-order chi connectivity index (χ1) is 9.35. The van der Waals surface area contributed by atoms with Gasteiger partial charge >= 0.3 is 0 Å².